The van der Waals surface area contributed by atoms with Gasteiger partial charge in [-0.05, 0) is 37.1 Å². The Morgan fingerprint density at radius 3 is 2.35 bits per heavy atom. The molecule has 0 aliphatic heterocycles. The van der Waals surface area contributed by atoms with Crippen LogP contribution in [0.15, 0.2) is 54.9 Å². The van der Waals surface area contributed by atoms with Crippen LogP contribution in [0.1, 0.15) is 58.5 Å². The Morgan fingerprint density at radius 1 is 1.00 bits per heavy atom. The third kappa shape index (κ3) is 4.62. The van der Waals surface area contributed by atoms with Gasteiger partial charge in [-0.1, -0.05) is 37.5 Å². The Balaban J connectivity index is 1.56. The molecule has 4 rings (SSSR count). The van der Waals surface area contributed by atoms with Gasteiger partial charge in [-0.2, -0.15) is 13.2 Å². The van der Waals surface area contributed by atoms with Crippen LogP contribution in [-0.2, 0) is 0 Å². The molecule has 0 radical (unpaired) electrons. The molecular weight excluding hydrogens is 407 g/mol. The minimum Gasteiger partial charge on any atom is -0.327 e. The van der Waals surface area contributed by atoms with Crippen LogP contribution >= 0.6 is 0 Å². The van der Waals surface area contributed by atoms with Gasteiger partial charge < -0.3 is 4.90 Å². The molecule has 0 N–H and O–H groups in total. The molecule has 0 spiro atoms. The van der Waals surface area contributed by atoms with Crippen molar-refractivity contribution in [3.05, 3.63) is 71.7 Å². The lowest BCUT2D eigenvalue weighted by Gasteiger charge is -2.35. The van der Waals surface area contributed by atoms with Crippen LogP contribution in [-0.4, -0.2) is 44.7 Å². The van der Waals surface area contributed by atoms with Gasteiger partial charge in [0.25, 0.3) is 5.91 Å². The number of carbonyl (C=O) groups excluding carboxylic acids is 2. The van der Waals surface area contributed by atoms with Gasteiger partial charge in [-0.3, -0.25) is 14.0 Å². The first-order valence-electron chi connectivity index (χ1n) is 10.3. The summed E-state index contributed by atoms with van der Waals surface area (Å²) in [6, 6.07) is 10.8. The zero-order chi connectivity index (χ0) is 22.0. The summed E-state index contributed by atoms with van der Waals surface area (Å²) in [6.45, 7) is -1.26. The average Bonchev–Trinajstić information content (AvgIpc) is 3.21. The molecule has 8 heteroatoms. The summed E-state index contributed by atoms with van der Waals surface area (Å²) in [7, 11) is 0. The smallest absolute Gasteiger partial charge is 0.327 e. The van der Waals surface area contributed by atoms with Gasteiger partial charge in [0.15, 0.2) is 0 Å². The van der Waals surface area contributed by atoms with E-state index in [2.05, 4.69) is 4.98 Å². The van der Waals surface area contributed by atoms with Crippen LogP contribution in [0, 0.1) is 0 Å². The Kier molecular flexibility index (Phi) is 5.80. The van der Waals surface area contributed by atoms with Gasteiger partial charge in [0.05, 0.1) is 6.20 Å². The molecule has 0 unspecified atom stereocenters. The van der Waals surface area contributed by atoms with Crippen LogP contribution in [0.2, 0.25) is 0 Å². The maximum absolute atomic E-state index is 13.1. The van der Waals surface area contributed by atoms with Gasteiger partial charge in [0, 0.05) is 23.4 Å². The maximum Gasteiger partial charge on any atom is 0.406 e. The van der Waals surface area contributed by atoms with E-state index < -0.39 is 24.7 Å². The third-order valence-electron chi connectivity index (χ3n) is 5.67. The molecule has 3 aromatic rings. The van der Waals surface area contributed by atoms with Gasteiger partial charge in [0.2, 0.25) is 5.78 Å². The average molecular weight is 429 g/mol. The number of fused-ring (bicyclic) bond motifs is 1. The van der Waals surface area contributed by atoms with Crippen molar-refractivity contribution >= 4 is 17.3 Å². The lowest BCUT2D eigenvalue weighted by atomic mass is 9.93. The number of halogens is 3. The summed E-state index contributed by atoms with van der Waals surface area (Å²) in [6.07, 6.45) is 2.51. The molecule has 1 fully saturated rings. The molecule has 0 saturated heterocycles. The highest BCUT2D eigenvalue weighted by atomic mass is 19.4. The number of aromatic nitrogens is 2. The van der Waals surface area contributed by atoms with E-state index in [0.717, 1.165) is 24.2 Å². The molecule has 1 amide bonds. The van der Waals surface area contributed by atoms with E-state index in [1.807, 2.05) is 6.07 Å². The fourth-order valence-corrected chi connectivity index (χ4v) is 4.13. The Hall–Kier alpha value is -3.16. The lowest BCUT2D eigenvalue weighted by molar-refractivity contribution is -0.145. The second-order valence-electron chi connectivity index (χ2n) is 7.82. The summed E-state index contributed by atoms with van der Waals surface area (Å²) in [5.74, 6) is -0.935. The Labute approximate surface area is 177 Å². The molecule has 5 nitrogen and oxygen atoms in total. The van der Waals surface area contributed by atoms with Crippen molar-refractivity contribution in [2.24, 2.45) is 0 Å². The Morgan fingerprint density at radius 2 is 1.68 bits per heavy atom. The highest BCUT2D eigenvalue weighted by Crippen LogP contribution is 2.28. The van der Waals surface area contributed by atoms with E-state index in [-0.39, 0.29) is 11.3 Å². The normalized spacial score (nSPS) is 15.2. The second kappa shape index (κ2) is 8.53. The van der Waals surface area contributed by atoms with Crippen LogP contribution in [0.3, 0.4) is 0 Å². The summed E-state index contributed by atoms with van der Waals surface area (Å²) >= 11 is 0. The van der Waals surface area contributed by atoms with Gasteiger partial charge >= 0.3 is 6.18 Å². The Bertz CT molecular complexity index is 1080. The number of benzene rings is 1. The molecule has 1 aromatic carbocycles. The summed E-state index contributed by atoms with van der Waals surface area (Å²) in [4.78, 5) is 30.9. The third-order valence-corrected chi connectivity index (χ3v) is 5.67. The van der Waals surface area contributed by atoms with E-state index in [1.54, 1.807) is 22.7 Å². The molecule has 1 aliphatic carbocycles. The van der Waals surface area contributed by atoms with Crippen molar-refractivity contribution < 1.29 is 22.8 Å². The number of nitrogens with zero attached hydrogens (tertiary/aromatic N) is 3. The first-order valence-corrected chi connectivity index (χ1v) is 10.3. The topological polar surface area (TPSA) is 54.7 Å². The summed E-state index contributed by atoms with van der Waals surface area (Å²) < 4.78 is 41.1. The molecule has 162 valence electrons. The van der Waals surface area contributed by atoms with E-state index in [4.69, 9.17) is 0 Å². The quantitative estimate of drug-likeness (QED) is 0.542. The van der Waals surface area contributed by atoms with Crippen LogP contribution in [0.25, 0.3) is 5.65 Å². The molecular formula is C23H22F3N3O2. The number of ketones is 1. The van der Waals surface area contributed by atoms with Crippen molar-refractivity contribution in [3.8, 4) is 0 Å². The maximum atomic E-state index is 13.1. The highest BCUT2D eigenvalue weighted by Gasteiger charge is 2.37. The first-order chi connectivity index (χ1) is 14.8. The lowest BCUT2D eigenvalue weighted by Crippen LogP contribution is -2.46. The standard InChI is InChI=1S/C23H22F3N3O2/c24-23(25,26)15-29(18-6-2-1-3-7-18)22(31)17-11-9-16(10-12-17)21(30)19-14-27-20-8-4-5-13-28(19)20/h4-5,8-14,18H,1-3,6-7,15H2. The SMILES string of the molecule is O=C(c1ccc(C(=O)N(CC(F)(F)F)C2CCCCC2)cc1)c1cnc2ccccn12. The van der Waals surface area contributed by atoms with Crippen molar-refractivity contribution in [1.29, 1.82) is 0 Å². The number of amides is 1. The first kappa shape index (κ1) is 21.1. The van der Waals surface area contributed by atoms with Crippen molar-refractivity contribution in [2.75, 3.05) is 6.54 Å². The van der Waals surface area contributed by atoms with Crippen molar-refractivity contribution in [1.82, 2.24) is 14.3 Å². The largest absolute Gasteiger partial charge is 0.406 e. The minimum absolute atomic E-state index is 0.143. The molecule has 31 heavy (non-hydrogen) atoms. The van der Waals surface area contributed by atoms with E-state index in [1.165, 1.54) is 30.5 Å². The van der Waals surface area contributed by atoms with E-state index in [0.29, 0.717) is 29.7 Å². The van der Waals surface area contributed by atoms with E-state index in [9.17, 15) is 22.8 Å². The predicted molar refractivity (Wildman–Crippen MR) is 109 cm³/mol. The molecule has 0 bridgehead atoms. The number of hydrogen-bond acceptors (Lipinski definition) is 3. The van der Waals surface area contributed by atoms with Crippen LogP contribution < -0.4 is 0 Å². The zero-order valence-corrected chi connectivity index (χ0v) is 16.8. The van der Waals surface area contributed by atoms with Crippen LogP contribution in [0.4, 0.5) is 13.2 Å². The van der Waals surface area contributed by atoms with Gasteiger partial charge in [-0.25, -0.2) is 4.98 Å². The fraction of sp³-hybridized carbons (Fsp3) is 0.348. The summed E-state index contributed by atoms with van der Waals surface area (Å²) in [5.41, 5.74) is 1.48. The number of rotatable bonds is 5. The number of pyridine rings is 1. The molecule has 1 aliphatic rings. The summed E-state index contributed by atoms with van der Waals surface area (Å²) in [5, 5.41) is 0. The van der Waals surface area contributed by atoms with Crippen LogP contribution in [0.5, 0.6) is 0 Å². The second-order valence-corrected chi connectivity index (χ2v) is 7.82. The molecule has 0 atom stereocenters. The predicted octanol–water partition coefficient (Wildman–Crippen LogP) is 4.90. The number of hydrogen-bond donors (Lipinski definition) is 0. The molecule has 2 aromatic heterocycles. The van der Waals surface area contributed by atoms with Crippen molar-refractivity contribution in [2.45, 2.75) is 44.3 Å². The van der Waals surface area contributed by atoms with Crippen molar-refractivity contribution in [3.63, 3.8) is 0 Å². The van der Waals surface area contributed by atoms with E-state index >= 15 is 0 Å². The monoisotopic (exact) mass is 429 g/mol. The van der Waals surface area contributed by atoms with Gasteiger partial charge in [-0.15, -0.1) is 0 Å². The number of imidazole rings is 1. The molecule has 2 heterocycles. The minimum atomic E-state index is -4.47. The zero-order valence-electron chi connectivity index (χ0n) is 16.8. The fourth-order valence-electron chi connectivity index (χ4n) is 4.13. The van der Waals surface area contributed by atoms with Gasteiger partial charge in [0.1, 0.15) is 17.9 Å². The highest BCUT2D eigenvalue weighted by molar-refractivity contribution is 6.08. The number of carbonyl (C=O) groups is 2. The molecule has 1 saturated carbocycles. The number of alkyl halides is 3.